The Morgan fingerprint density at radius 1 is 1.22 bits per heavy atom. The van der Waals surface area contributed by atoms with E-state index in [-0.39, 0.29) is 11.7 Å². The molecule has 0 radical (unpaired) electrons. The van der Waals surface area contributed by atoms with Crippen LogP contribution in [0.25, 0.3) is 11.2 Å². The Labute approximate surface area is 104 Å². The largest absolute Gasteiger partial charge is 0.299 e. The maximum atomic E-state index is 12.3. The molecule has 0 saturated carbocycles. The topological polar surface area (TPSA) is 77.7 Å². The summed E-state index contributed by atoms with van der Waals surface area (Å²) in [6.07, 6.45) is 2.77. The summed E-state index contributed by atoms with van der Waals surface area (Å²) >= 11 is 0. The van der Waals surface area contributed by atoms with E-state index in [9.17, 15) is 9.59 Å². The van der Waals surface area contributed by atoms with E-state index in [4.69, 9.17) is 0 Å². The van der Waals surface area contributed by atoms with Crippen molar-refractivity contribution < 1.29 is 9.59 Å². The Morgan fingerprint density at radius 3 is 2.50 bits per heavy atom. The van der Waals surface area contributed by atoms with Crippen molar-refractivity contribution in [1.29, 1.82) is 0 Å². The molecule has 0 aliphatic carbocycles. The lowest BCUT2D eigenvalue weighted by molar-refractivity contribution is -0.122. The number of ketones is 1. The molecule has 6 heteroatoms. The number of imidazole rings is 1. The quantitative estimate of drug-likeness (QED) is 0.748. The number of fused-ring (bicyclic) bond motifs is 1. The van der Waals surface area contributed by atoms with Gasteiger partial charge in [0, 0.05) is 0 Å². The molecular formula is C12H14N4O2. The summed E-state index contributed by atoms with van der Waals surface area (Å²) in [6.45, 7) is 6.38. The second kappa shape index (κ2) is 3.97. The molecule has 0 aromatic carbocycles. The molecule has 94 valence electrons. The zero-order chi connectivity index (χ0) is 13.5. The highest BCUT2D eigenvalue weighted by Crippen LogP contribution is 2.22. The Bertz CT molecular complexity index is 643. The minimum Gasteiger partial charge on any atom is -0.299 e. The van der Waals surface area contributed by atoms with Gasteiger partial charge in [0.15, 0.2) is 5.65 Å². The average Bonchev–Trinajstić information content (AvgIpc) is 2.73. The number of Topliss-reactive ketones (excluding diaryl/α,β-unsaturated/α-hetero) is 1. The lowest BCUT2D eigenvalue weighted by atomic mass is 9.88. The second-order valence-corrected chi connectivity index (χ2v) is 4.73. The lowest BCUT2D eigenvalue weighted by Crippen LogP contribution is -2.35. The molecule has 2 aromatic rings. The van der Waals surface area contributed by atoms with Crippen molar-refractivity contribution in [3.8, 4) is 0 Å². The first-order valence-electron chi connectivity index (χ1n) is 5.56. The molecule has 6 nitrogen and oxygen atoms in total. The van der Waals surface area contributed by atoms with Gasteiger partial charge in [-0.2, -0.15) is 0 Å². The van der Waals surface area contributed by atoms with Crippen molar-refractivity contribution in [1.82, 2.24) is 19.5 Å². The van der Waals surface area contributed by atoms with Crippen LogP contribution in [0.4, 0.5) is 0 Å². The fraction of sp³-hybridized carbons (Fsp3) is 0.417. The SMILES string of the molecule is CC(=O)C(C)(C)C(=O)n1cnc2c(C)ncnc21. The van der Waals surface area contributed by atoms with Crippen LogP contribution in [0.15, 0.2) is 12.7 Å². The van der Waals surface area contributed by atoms with Crippen LogP contribution in [0, 0.1) is 12.3 Å². The molecular weight excluding hydrogens is 232 g/mol. The van der Waals surface area contributed by atoms with Crippen LogP contribution in [-0.4, -0.2) is 31.2 Å². The Balaban J connectivity index is 2.60. The first-order chi connectivity index (χ1) is 8.35. The first kappa shape index (κ1) is 12.3. The van der Waals surface area contributed by atoms with E-state index in [0.29, 0.717) is 16.9 Å². The number of aryl methyl sites for hydroxylation is 1. The molecule has 0 N–H and O–H groups in total. The number of hydrogen-bond acceptors (Lipinski definition) is 5. The van der Waals surface area contributed by atoms with Crippen LogP contribution in [-0.2, 0) is 4.79 Å². The fourth-order valence-corrected chi connectivity index (χ4v) is 1.55. The van der Waals surface area contributed by atoms with Gasteiger partial charge in [0.05, 0.1) is 5.69 Å². The Kier molecular flexibility index (Phi) is 2.73. The molecule has 2 rings (SSSR count). The van der Waals surface area contributed by atoms with Crippen molar-refractivity contribution >= 4 is 22.9 Å². The van der Waals surface area contributed by atoms with E-state index in [2.05, 4.69) is 15.0 Å². The smallest absolute Gasteiger partial charge is 0.246 e. The Hall–Kier alpha value is -2.11. The van der Waals surface area contributed by atoms with Gasteiger partial charge in [-0.05, 0) is 27.7 Å². The minimum absolute atomic E-state index is 0.194. The van der Waals surface area contributed by atoms with Crippen LogP contribution >= 0.6 is 0 Å². The maximum absolute atomic E-state index is 12.3. The predicted octanol–water partition coefficient (Wildman–Crippen LogP) is 1.39. The van der Waals surface area contributed by atoms with Crippen molar-refractivity contribution in [3.63, 3.8) is 0 Å². The summed E-state index contributed by atoms with van der Waals surface area (Å²) in [4.78, 5) is 36.0. The van der Waals surface area contributed by atoms with E-state index in [0.717, 1.165) is 0 Å². The third kappa shape index (κ3) is 1.70. The summed E-state index contributed by atoms with van der Waals surface area (Å²) < 4.78 is 1.31. The molecule has 0 aliphatic heterocycles. The molecule has 2 aromatic heterocycles. The minimum atomic E-state index is -1.09. The third-order valence-electron chi connectivity index (χ3n) is 3.15. The van der Waals surface area contributed by atoms with E-state index in [1.165, 1.54) is 24.1 Å². The number of hydrogen-bond donors (Lipinski definition) is 0. The molecule has 0 spiro atoms. The van der Waals surface area contributed by atoms with Crippen LogP contribution in [0.2, 0.25) is 0 Å². The molecule has 2 heterocycles. The summed E-state index contributed by atoms with van der Waals surface area (Å²) in [6, 6.07) is 0. The van der Waals surface area contributed by atoms with E-state index in [1.807, 2.05) is 0 Å². The number of rotatable bonds is 2. The maximum Gasteiger partial charge on any atom is 0.246 e. The molecule has 0 bridgehead atoms. The van der Waals surface area contributed by atoms with E-state index in [1.54, 1.807) is 20.8 Å². The number of carbonyl (C=O) groups excluding carboxylic acids is 2. The molecule has 0 atom stereocenters. The average molecular weight is 246 g/mol. The zero-order valence-electron chi connectivity index (χ0n) is 10.8. The summed E-state index contributed by atoms with van der Waals surface area (Å²) in [7, 11) is 0. The second-order valence-electron chi connectivity index (χ2n) is 4.73. The summed E-state index contributed by atoms with van der Waals surface area (Å²) in [5.74, 6) is -0.532. The van der Waals surface area contributed by atoms with Crippen molar-refractivity contribution in [2.24, 2.45) is 5.41 Å². The zero-order valence-corrected chi connectivity index (χ0v) is 10.8. The van der Waals surface area contributed by atoms with Gasteiger partial charge in [-0.25, -0.2) is 15.0 Å². The van der Waals surface area contributed by atoms with Gasteiger partial charge in [0.2, 0.25) is 5.91 Å². The predicted molar refractivity (Wildman–Crippen MR) is 65.1 cm³/mol. The highest BCUT2D eigenvalue weighted by molar-refractivity contribution is 6.07. The van der Waals surface area contributed by atoms with Crippen LogP contribution in [0.1, 0.15) is 31.3 Å². The van der Waals surface area contributed by atoms with Gasteiger partial charge in [-0.15, -0.1) is 0 Å². The third-order valence-corrected chi connectivity index (χ3v) is 3.15. The monoisotopic (exact) mass is 246 g/mol. The van der Waals surface area contributed by atoms with Gasteiger partial charge in [0.25, 0.3) is 0 Å². The number of nitrogens with zero attached hydrogens (tertiary/aromatic N) is 4. The van der Waals surface area contributed by atoms with Gasteiger partial charge in [0.1, 0.15) is 29.4 Å². The van der Waals surface area contributed by atoms with Crippen molar-refractivity contribution in [3.05, 3.63) is 18.3 Å². The standard InChI is InChI=1S/C12H14N4O2/c1-7-9-10(14-5-13-7)16(6-15-9)11(18)12(3,4)8(2)17/h5-6H,1-4H3. The molecule has 0 unspecified atom stereocenters. The summed E-state index contributed by atoms with van der Waals surface area (Å²) in [5, 5.41) is 0. The highest BCUT2D eigenvalue weighted by Gasteiger charge is 2.35. The van der Waals surface area contributed by atoms with E-state index >= 15 is 0 Å². The highest BCUT2D eigenvalue weighted by atomic mass is 16.2. The Morgan fingerprint density at radius 2 is 1.89 bits per heavy atom. The fourth-order valence-electron chi connectivity index (χ4n) is 1.55. The van der Waals surface area contributed by atoms with E-state index < -0.39 is 5.41 Å². The van der Waals surface area contributed by atoms with Gasteiger partial charge >= 0.3 is 0 Å². The van der Waals surface area contributed by atoms with Crippen molar-refractivity contribution in [2.75, 3.05) is 0 Å². The molecule has 18 heavy (non-hydrogen) atoms. The molecule has 0 fully saturated rings. The normalized spacial score (nSPS) is 11.8. The van der Waals surface area contributed by atoms with Crippen LogP contribution < -0.4 is 0 Å². The molecule has 0 aliphatic rings. The number of carbonyl (C=O) groups is 2. The first-order valence-corrected chi connectivity index (χ1v) is 5.56. The molecule has 0 saturated heterocycles. The van der Waals surface area contributed by atoms with Crippen molar-refractivity contribution in [2.45, 2.75) is 27.7 Å². The molecule has 0 amide bonds. The number of aromatic nitrogens is 4. The van der Waals surface area contributed by atoms with Gasteiger partial charge in [-0.1, -0.05) is 0 Å². The summed E-state index contributed by atoms with van der Waals surface area (Å²) in [5.41, 5.74) is 0.617. The lowest BCUT2D eigenvalue weighted by Gasteiger charge is -2.19. The van der Waals surface area contributed by atoms with Crippen LogP contribution in [0.5, 0.6) is 0 Å². The van der Waals surface area contributed by atoms with Crippen LogP contribution in [0.3, 0.4) is 0 Å². The van der Waals surface area contributed by atoms with Gasteiger partial charge in [-0.3, -0.25) is 14.2 Å². The van der Waals surface area contributed by atoms with Gasteiger partial charge < -0.3 is 0 Å².